The molecule has 3 N–H and O–H groups in total. The van der Waals surface area contributed by atoms with Crippen LogP contribution in [0.5, 0.6) is 0 Å². The van der Waals surface area contributed by atoms with Crippen LogP contribution in [0.25, 0.3) is 0 Å². The van der Waals surface area contributed by atoms with E-state index in [9.17, 15) is 4.79 Å². The van der Waals surface area contributed by atoms with Gasteiger partial charge in [0.2, 0.25) is 5.91 Å². The van der Waals surface area contributed by atoms with Gasteiger partial charge in [0, 0.05) is 6.04 Å². The zero-order valence-electron chi connectivity index (χ0n) is 13.5. The summed E-state index contributed by atoms with van der Waals surface area (Å²) in [6.45, 7) is 6.80. The summed E-state index contributed by atoms with van der Waals surface area (Å²) in [5.74, 6) is 0.422. The van der Waals surface area contributed by atoms with Gasteiger partial charge in [0.1, 0.15) is 0 Å². The molecule has 0 aromatic carbocycles. The zero-order chi connectivity index (χ0) is 14.8. The van der Waals surface area contributed by atoms with Crippen LogP contribution in [-0.2, 0) is 4.79 Å². The molecule has 2 atom stereocenters. The summed E-state index contributed by atoms with van der Waals surface area (Å²) >= 11 is 0. The van der Waals surface area contributed by atoms with Crippen molar-refractivity contribution in [2.45, 2.75) is 90.1 Å². The third-order valence-corrected chi connectivity index (χ3v) is 5.19. The fraction of sp³-hybridized carbons (Fsp3) is 0.941. The van der Waals surface area contributed by atoms with Gasteiger partial charge in [-0.05, 0) is 43.4 Å². The van der Waals surface area contributed by atoms with Crippen molar-refractivity contribution in [1.29, 1.82) is 0 Å². The number of rotatable bonds is 3. The second-order valence-corrected chi connectivity index (χ2v) is 8.13. The average molecular weight is 280 g/mol. The fourth-order valence-corrected chi connectivity index (χ4v) is 4.75. The number of primary amides is 1. The second-order valence-electron chi connectivity index (χ2n) is 8.13. The van der Waals surface area contributed by atoms with Crippen molar-refractivity contribution in [3.63, 3.8) is 0 Å². The molecule has 2 unspecified atom stereocenters. The van der Waals surface area contributed by atoms with Gasteiger partial charge in [-0.15, -0.1) is 0 Å². The molecule has 0 bridgehead atoms. The Labute approximate surface area is 124 Å². The predicted octanol–water partition coefficient (Wildman–Crippen LogP) is 3.37. The molecule has 0 saturated heterocycles. The molecule has 0 heterocycles. The monoisotopic (exact) mass is 280 g/mol. The summed E-state index contributed by atoms with van der Waals surface area (Å²) in [6.07, 6.45) is 10.6. The Morgan fingerprint density at radius 2 is 1.70 bits per heavy atom. The highest BCUT2D eigenvalue weighted by Gasteiger charge is 2.47. The number of hydrogen-bond acceptors (Lipinski definition) is 2. The Morgan fingerprint density at radius 3 is 2.20 bits per heavy atom. The molecular weight excluding hydrogens is 248 g/mol. The quantitative estimate of drug-likeness (QED) is 0.779. The summed E-state index contributed by atoms with van der Waals surface area (Å²) in [4.78, 5) is 12.2. The van der Waals surface area contributed by atoms with Crippen molar-refractivity contribution in [2.24, 2.45) is 17.1 Å². The molecule has 2 fully saturated rings. The highest BCUT2D eigenvalue weighted by atomic mass is 16.1. The zero-order valence-corrected chi connectivity index (χ0v) is 13.5. The van der Waals surface area contributed by atoms with Crippen LogP contribution in [0.3, 0.4) is 0 Å². The van der Waals surface area contributed by atoms with Crippen molar-refractivity contribution in [1.82, 2.24) is 5.32 Å². The Morgan fingerprint density at radius 1 is 1.10 bits per heavy atom. The van der Waals surface area contributed by atoms with Crippen LogP contribution >= 0.6 is 0 Å². The van der Waals surface area contributed by atoms with Crippen LogP contribution < -0.4 is 11.1 Å². The van der Waals surface area contributed by atoms with Gasteiger partial charge in [-0.2, -0.15) is 0 Å². The van der Waals surface area contributed by atoms with Crippen LogP contribution in [-0.4, -0.2) is 17.5 Å². The van der Waals surface area contributed by atoms with Gasteiger partial charge in [-0.1, -0.05) is 46.5 Å². The number of nitrogens with one attached hydrogen (secondary N) is 1. The number of carbonyl (C=O) groups excluding carboxylic acids is 1. The van der Waals surface area contributed by atoms with Crippen molar-refractivity contribution >= 4 is 5.91 Å². The summed E-state index contributed by atoms with van der Waals surface area (Å²) < 4.78 is 0. The lowest BCUT2D eigenvalue weighted by molar-refractivity contribution is -0.129. The Bertz CT molecular complexity index is 345. The van der Waals surface area contributed by atoms with Gasteiger partial charge in [-0.25, -0.2) is 0 Å². The molecule has 0 spiro atoms. The maximum Gasteiger partial charge on any atom is 0.237 e. The van der Waals surface area contributed by atoms with Gasteiger partial charge in [0.25, 0.3) is 0 Å². The topological polar surface area (TPSA) is 55.1 Å². The standard InChI is InChI=1S/C17H32N2O/c1-13-10-16(2,3)12-17(11-13,15(18)20)19-14-8-6-4-5-7-9-14/h13-14,19H,4-12H2,1-3H3,(H2,18,20). The van der Waals surface area contributed by atoms with Gasteiger partial charge in [0.15, 0.2) is 0 Å². The molecule has 0 aromatic rings. The minimum Gasteiger partial charge on any atom is -0.368 e. The van der Waals surface area contributed by atoms with E-state index in [0.717, 1.165) is 12.8 Å². The SMILES string of the molecule is CC1CC(C)(C)CC(NC2CCCCCC2)(C(N)=O)C1. The normalized spacial score (nSPS) is 35.5. The van der Waals surface area contributed by atoms with E-state index >= 15 is 0 Å². The van der Waals surface area contributed by atoms with Crippen molar-refractivity contribution in [2.75, 3.05) is 0 Å². The Kier molecular flexibility index (Phi) is 4.78. The first-order valence-corrected chi connectivity index (χ1v) is 8.41. The summed E-state index contributed by atoms with van der Waals surface area (Å²) in [7, 11) is 0. The van der Waals surface area contributed by atoms with E-state index in [4.69, 9.17) is 5.73 Å². The number of hydrogen-bond donors (Lipinski definition) is 2. The third kappa shape index (κ3) is 3.75. The maximum atomic E-state index is 12.2. The molecule has 0 aromatic heterocycles. The predicted molar refractivity (Wildman–Crippen MR) is 83.3 cm³/mol. The molecule has 3 heteroatoms. The summed E-state index contributed by atoms with van der Waals surface area (Å²) in [5.41, 5.74) is 5.56. The molecule has 0 radical (unpaired) electrons. The lowest BCUT2D eigenvalue weighted by Crippen LogP contribution is -2.63. The van der Waals surface area contributed by atoms with Crippen LogP contribution in [0, 0.1) is 11.3 Å². The molecule has 20 heavy (non-hydrogen) atoms. The highest BCUT2D eigenvalue weighted by molar-refractivity contribution is 5.85. The minimum atomic E-state index is -0.476. The van der Waals surface area contributed by atoms with E-state index in [-0.39, 0.29) is 11.3 Å². The van der Waals surface area contributed by atoms with E-state index in [0.29, 0.717) is 12.0 Å². The lowest BCUT2D eigenvalue weighted by atomic mass is 9.63. The first-order valence-electron chi connectivity index (χ1n) is 8.41. The van der Waals surface area contributed by atoms with E-state index in [1.54, 1.807) is 0 Å². The number of carbonyl (C=O) groups is 1. The van der Waals surface area contributed by atoms with E-state index in [1.165, 1.54) is 44.9 Å². The Balaban J connectivity index is 2.14. The van der Waals surface area contributed by atoms with Gasteiger partial charge < -0.3 is 11.1 Å². The van der Waals surface area contributed by atoms with E-state index in [1.807, 2.05) is 0 Å². The lowest BCUT2D eigenvalue weighted by Gasteiger charge is -2.47. The molecule has 1 amide bonds. The highest BCUT2D eigenvalue weighted by Crippen LogP contribution is 2.44. The van der Waals surface area contributed by atoms with Crippen LogP contribution in [0.2, 0.25) is 0 Å². The largest absolute Gasteiger partial charge is 0.368 e. The molecule has 2 aliphatic rings. The number of nitrogens with two attached hydrogens (primary N) is 1. The first-order chi connectivity index (χ1) is 9.33. The van der Waals surface area contributed by atoms with Gasteiger partial charge in [-0.3, -0.25) is 4.79 Å². The average Bonchev–Trinajstić information content (AvgIpc) is 2.54. The fourth-order valence-electron chi connectivity index (χ4n) is 4.75. The minimum absolute atomic E-state index is 0.138. The molecule has 2 aliphatic carbocycles. The smallest absolute Gasteiger partial charge is 0.237 e. The first kappa shape index (κ1) is 15.8. The molecule has 3 nitrogen and oxygen atoms in total. The maximum absolute atomic E-state index is 12.2. The van der Waals surface area contributed by atoms with Crippen LogP contribution in [0.15, 0.2) is 0 Å². The van der Waals surface area contributed by atoms with Crippen LogP contribution in [0.4, 0.5) is 0 Å². The van der Waals surface area contributed by atoms with E-state index in [2.05, 4.69) is 26.1 Å². The molecule has 2 saturated carbocycles. The molecule has 0 aliphatic heterocycles. The van der Waals surface area contributed by atoms with Crippen molar-refractivity contribution in [3.8, 4) is 0 Å². The van der Waals surface area contributed by atoms with Crippen molar-refractivity contribution in [3.05, 3.63) is 0 Å². The Hall–Kier alpha value is -0.570. The summed E-state index contributed by atoms with van der Waals surface area (Å²) in [5, 5.41) is 3.72. The van der Waals surface area contributed by atoms with Crippen molar-refractivity contribution < 1.29 is 4.79 Å². The molecular formula is C17H32N2O. The summed E-state index contributed by atoms with van der Waals surface area (Å²) in [6, 6.07) is 0.478. The molecule has 2 rings (SSSR count). The number of amides is 1. The van der Waals surface area contributed by atoms with Gasteiger partial charge >= 0.3 is 0 Å². The van der Waals surface area contributed by atoms with Crippen LogP contribution in [0.1, 0.15) is 78.6 Å². The molecule has 116 valence electrons. The second kappa shape index (κ2) is 6.05. The third-order valence-electron chi connectivity index (χ3n) is 5.19. The van der Waals surface area contributed by atoms with Gasteiger partial charge in [0.05, 0.1) is 5.54 Å². The van der Waals surface area contributed by atoms with E-state index < -0.39 is 5.54 Å².